The van der Waals surface area contributed by atoms with Gasteiger partial charge in [-0.1, -0.05) is 170 Å². The van der Waals surface area contributed by atoms with E-state index in [-0.39, 0.29) is 0 Å². The Bertz CT molecular complexity index is 2840. The van der Waals surface area contributed by atoms with E-state index < -0.39 is 0 Å². The second-order valence-electron chi connectivity index (χ2n) is 15.8. The number of benzene rings is 10. The molecule has 1 aliphatic heterocycles. The largest absolute Gasteiger partial charge is 0.449 e. The van der Waals surface area contributed by atoms with Gasteiger partial charge in [0.05, 0.1) is 11.4 Å². The van der Waals surface area contributed by atoms with Crippen molar-refractivity contribution in [2.24, 2.45) is 0 Å². The minimum atomic E-state index is 0.643. The summed E-state index contributed by atoms with van der Waals surface area (Å²) in [5.74, 6) is 2.58. The molecule has 0 saturated heterocycles. The lowest BCUT2D eigenvalue weighted by molar-refractivity contribution is 0.360. The minimum Gasteiger partial charge on any atom is -0.449 e. The standard InChI is InChI=1S/C60H42N2O2/c1-5-17-43(18-6-1)47-25-13-29-51(37-47)61(52-30-14-26-48(38-52)44-19-7-2-8-20-44)55-33-35-57-59(41-55)63-58-36-34-56(42-60(58)64-57)62(53-31-15-27-49(39-53)45-21-9-3-10-22-45)54-32-16-28-50(40-54)46-23-11-4-12-24-46/h1-42H. The molecule has 4 heteroatoms. The molecular formula is C60H42N2O2. The van der Waals surface area contributed by atoms with Gasteiger partial charge in [0.2, 0.25) is 0 Å². The first-order chi connectivity index (χ1) is 31.7. The molecule has 10 aromatic carbocycles. The van der Waals surface area contributed by atoms with Crippen LogP contribution in [0.3, 0.4) is 0 Å². The summed E-state index contributed by atoms with van der Waals surface area (Å²) < 4.78 is 13.5. The number of anilines is 6. The second kappa shape index (κ2) is 17.0. The van der Waals surface area contributed by atoms with Crippen LogP contribution in [-0.2, 0) is 0 Å². The molecule has 4 nitrogen and oxygen atoms in total. The molecule has 1 aliphatic rings. The van der Waals surface area contributed by atoms with E-state index >= 15 is 0 Å². The normalized spacial score (nSPS) is 11.4. The van der Waals surface area contributed by atoms with E-state index in [1.165, 1.54) is 0 Å². The highest BCUT2D eigenvalue weighted by molar-refractivity contribution is 5.85. The van der Waals surface area contributed by atoms with Gasteiger partial charge in [0.15, 0.2) is 23.0 Å². The molecule has 0 unspecified atom stereocenters. The third-order valence-corrected chi connectivity index (χ3v) is 11.7. The van der Waals surface area contributed by atoms with Crippen molar-refractivity contribution in [3.05, 3.63) is 255 Å². The fourth-order valence-corrected chi connectivity index (χ4v) is 8.55. The molecule has 0 saturated carbocycles. The van der Waals surface area contributed by atoms with Crippen molar-refractivity contribution >= 4 is 34.1 Å². The van der Waals surface area contributed by atoms with Crippen LogP contribution in [0.1, 0.15) is 0 Å². The van der Waals surface area contributed by atoms with Gasteiger partial charge in [0, 0.05) is 34.9 Å². The third-order valence-electron chi connectivity index (χ3n) is 11.7. The van der Waals surface area contributed by atoms with Gasteiger partial charge >= 0.3 is 0 Å². The Labute approximate surface area is 374 Å². The van der Waals surface area contributed by atoms with Gasteiger partial charge in [-0.2, -0.15) is 0 Å². The van der Waals surface area contributed by atoms with Crippen LogP contribution in [0.5, 0.6) is 23.0 Å². The molecule has 0 radical (unpaired) electrons. The van der Waals surface area contributed by atoms with Crippen LogP contribution in [0.15, 0.2) is 255 Å². The van der Waals surface area contributed by atoms with Crippen LogP contribution < -0.4 is 19.3 Å². The highest BCUT2D eigenvalue weighted by atomic mass is 16.6. The molecule has 0 amide bonds. The number of rotatable bonds is 10. The highest BCUT2D eigenvalue weighted by Gasteiger charge is 2.25. The number of hydrogen-bond donors (Lipinski definition) is 0. The van der Waals surface area contributed by atoms with Crippen LogP contribution in [-0.4, -0.2) is 0 Å². The zero-order valence-corrected chi connectivity index (χ0v) is 35.0. The number of ether oxygens (including phenoxy) is 2. The van der Waals surface area contributed by atoms with Crippen molar-refractivity contribution in [3.8, 4) is 67.5 Å². The zero-order valence-electron chi connectivity index (χ0n) is 35.0. The first-order valence-electron chi connectivity index (χ1n) is 21.6. The van der Waals surface area contributed by atoms with Gasteiger partial charge < -0.3 is 19.3 Å². The maximum absolute atomic E-state index is 6.76. The van der Waals surface area contributed by atoms with E-state index in [0.717, 1.165) is 78.6 Å². The average Bonchev–Trinajstić information content (AvgIpc) is 3.37. The van der Waals surface area contributed by atoms with Gasteiger partial charge in [0.25, 0.3) is 0 Å². The lowest BCUT2D eigenvalue weighted by atomic mass is 10.0. The Hall–Kier alpha value is -8.60. The van der Waals surface area contributed by atoms with Crippen molar-refractivity contribution in [2.45, 2.75) is 0 Å². The van der Waals surface area contributed by atoms with E-state index in [2.05, 4.69) is 252 Å². The molecule has 304 valence electrons. The SMILES string of the molecule is c1ccc(-c2cccc(N(c3cccc(-c4ccccc4)c3)c3ccc4c(c3)Oc3ccc(N(c5cccc(-c6ccccc6)c5)c5cccc(-c6ccccc6)c5)cc3O4)c2)cc1. The van der Waals surface area contributed by atoms with Crippen molar-refractivity contribution in [1.82, 2.24) is 0 Å². The first-order valence-corrected chi connectivity index (χ1v) is 21.6. The van der Waals surface area contributed by atoms with E-state index in [1.807, 2.05) is 12.1 Å². The molecule has 64 heavy (non-hydrogen) atoms. The van der Waals surface area contributed by atoms with Crippen LogP contribution in [0.2, 0.25) is 0 Å². The quantitative estimate of drug-likeness (QED) is 0.137. The van der Waals surface area contributed by atoms with Crippen LogP contribution >= 0.6 is 0 Å². The third kappa shape index (κ3) is 7.77. The van der Waals surface area contributed by atoms with Crippen molar-refractivity contribution in [1.29, 1.82) is 0 Å². The van der Waals surface area contributed by atoms with Crippen LogP contribution in [0, 0.1) is 0 Å². The summed E-state index contributed by atoms with van der Waals surface area (Å²) in [5.41, 5.74) is 15.2. The Balaban J connectivity index is 0.971. The van der Waals surface area contributed by atoms with Crippen LogP contribution in [0.4, 0.5) is 34.1 Å². The summed E-state index contributed by atoms with van der Waals surface area (Å²) in [6, 6.07) is 89.2. The lowest BCUT2D eigenvalue weighted by Crippen LogP contribution is -2.12. The number of nitrogens with zero attached hydrogens (tertiary/aromatic N) is 2. The Morgan fingerprint density at radius 3 is 0.719 bits per heavy atom. The topological polar surface area (TPSA) is 24.9 Å². The Kier molecular flexibility index (Phi) is 10.2. The first kappa shape index (κ1) is 38.3. The smallest absolute Gasteiger partial charge is 0.172 e. The van der Waals surface area contributed by atoms with Crippen molar-refractivity contribution in [3.63, 3.8) is 0 Å². The lowest BCUT2D eigenvalue weighted by Gasteiger charge is -2.30. The average molecular weight is 823 g/mol. The van der Waals surface area contributed by atoms with E-state index in [4.69, 9.17) is 9.47 Å². The molecule has 0 aromatic heterocycles. The van der Waals surface area contributed by atoms with E-state index in [1.54, 1.807) is 0 Å². The molecular weight excluding hydrogens is 781 g/mol. The molecule has 0 bridgehead atoms. The summed E-state index contributed by atoms with van der Waals surface area (Å²) in [4.78, 5) is 4.57. The fourth-order valence-electron chi connectivity index (χ4n) is 8.55. The predicted molar refractivity (Wildman–Crippen MR) is 264 cm³/mol. The monoisotopic (exact) mass is 822 g/mol. The molecule has 1 heterocycles. The molecule has 0 aliphatic carbocycles. The molecule has 0 N–H and O–H groups in total. The van der Waals surface area contributed by atoms with E-state index in [9.17, 15) is 0 Å². The van der Waals surface area contributed by atoms with Gasteiger partial charge in [-0.25, -0.2) is 0 Å². The van der Waals surface area contributed by atoms with Gasteiger partial charge in [-0.15, -0.1) is 0 Å². The maximum Gasteiger partial charge on any atom is 0.172 e. The summed E-state index contributed by atoms with van der Waals surface area (Å²) in [6.07, 6.45) is 0. The predicted octanol–water partition coefficient (Wildman–Crippen LogP) is 17.2. The van der Waals surface area contributed by atoms with Crippen LogP contribution in [0.25, 0.3) is 44.5 Å². The molecule has 10 aromatic rings. The summed E-state index contributed by atoms with van der Waals surface area (Å²) >= 11 is 0. The maximum atomic E-state index is 6.76. The van der Waals surface area contributed by atoms with Crippen molar-refractivity contribution in [2.75, 3.05) is 9.80 Å². The minimum absolute atomic E-state index is 0.643. The molecule has 0 atom stereocenters. The van der Waals surface area contributed by atoms with Gasteiger partial charge in [-0.05, 0) is 117 Å². The Morgan fingerprint density at radius 1 is 0.188 bits per heavy atom. The highest BCUT2D eigenvalue weighted by Crippen LogP contribution is 2.51. The number of hydrogen-bond acceptors (Lipinski definition) is 4. The molecule has 0 spiro atoms. The molecule has 0 fully saturated rings. The van der Waals surface area contributed by atoms with E-state index in [0.29, 0.717) is 23.0 Å². The van der Waals surface area contributed by atoms with Gasteiger partial charge in [0.1, 0.15) is 0 Å². The Morgan fingerprint density at radius 2 is 0.438 bits per heavy atom. The number of fused-ring (bicyclic) bond motifs is 2. The summed E-state index contributed by atoms with van der Waals surface area (Å²) in [5, 5.41) is 0. The zero-order chi connectivity index (χ0) is 42.7. The summed E-state index contributed by atoms with van der Waals surface area (Å²) in [6.45, 7) is 0. The second-order valence-corrected chi connectivity index (χ2v) is 15.8. The van der Waals surface area contributed by atoms with Crippen molar-refractivity contribution < 1.29 is 9.47 Å². The van der Waals surface area contributed by atoms with Gasteiger partial charge in [-0.3, -0.25) is 0 Å². The summed E-state index contributed by atoms with van der Waals surface area (Å²) in [7, 11) is 0. The molecule has 11 rings (SSSR count). The fraction of sp³-hybridized carbons (Fsp3) is 0.